The van der Waals surface area contributed by atoms with Crippen molar-refractivity contribution in [3.63, 3.8) is 0 Å². The van der Waals surface area contributed by atoms with Crippen molar-refractivity contribution < 1.29 is 9.50 Å². The maximum atomic E-state index is 13.5. The zero-order valence-corrected chi connectivity index (χ0v) is 19.8. The monoisotopic (exact) mass is 463 g/mol. The summed E-state index contributed by atoms with van der Waals surface area (Å²) in [4.78, 5) is 11.7. The first-order valence-electron chi connectivity index (χ1n) is 12.2. The number of phenolic OH excluding ortho intramolecular Hbond substituents is 1. The Morgan fingerprint density at radius 3 is 2.76 bits per heavy atom. The van der Waals surface area contributed by atoms with Crippen LogP contribution in [0.25, 0.3) is 11.3 Å². The molecule has 0 radical (unpaired) electrons. The van der Waals surface area contributed by atoms with Crippen molar-refractivity contribution in [2.24, 2.45) is 0 Å². The molecule has 0 bridgehead atoms. The summed E-state index contributed by atoms with van der Waals surface area (Å²) in [6.07, 6.45) is 5.93. The molecule has 7 heteroatoms. The van der Waals surface area contributed by atoms with Crippen LogP contribution in [0.3, 0.4) is 0 Å². The summed E-state index contributed by atoms with van der Waals surface area (Å²) in [6.45, 7) is 7.08. The van der Waals surface area contributed by atoms with Crippen LogP contribution in [0.5, 0.6) is 5.75 Å². The largest absolute Gasteiger partial charge is 0.505 e. The summed E-state index contributed by atoms with van der Waals surface area (Å²) in [5.74, 6) is -0.388. The van der Waals surface area contributed by atoms with E-state index in [9.17, 15) is 9.50 Å². The Kier molecular flexibility index (Phi) is 8.44. The van der Waals surface area contributed by atoms with Crippen molar-refractivity contribution in [3.05, 3.63) is 71.7 Å². The van der Waals surface area contributed by atoms with Gasteiger partial charge in [0.1, 0.15) is 0 Å². The number of rotatable bonds is 10. The van der Waals surface area contributed by atoms with E-state index in [-0.39, 0.29) is 5.75 Å². The molecule has 3 aromatic rings. The van der Waals surface area contributed by atoms with Crippen molar-refractivity contribution in [1.29, 1.82) is 0 Å². The summed E-state index contributed by atoms with van der Waals surface area (Å²) >= 11 is 0. The van der Waals surface area contributed by atoms with Gasteiger partial charge in [0.2, 0.25) is 5.95 Å². The lowest BCUT2D eigenvalue weighted by atomic mass is 10.0. The lowest BCUT2D eigenvalue weighted by molar-refractivity contribution is 0.154. The third kappa shape index (κ3) is 6.52. The molecule has 0 unspecified atom stereocenters. The molecule has 0 saturated carbocycles. The quantitative estimate of drug-likeness (QED) is 0.408. The van der Waals surface area contributed by atoms with E-state index in [2.05, 4.69) is 51.7 Å². The number of halogens is 1. The first-order chi connectivity index (χ1) is 16.6. The first kappa shape index (κ1) is 24.1. The van der Waals surface area contributed by atoms with Gasteiger partial charge in [-0.25, -0.2) is 14.4 Å². The van der Waals surface area contributed by atoms with E-state index < -0.39 is 5.82 Å². The van der Waals surface area contributed by atoms with E-state index in [4.69, 9.17) is 4.98 Å². The van der Waals surface area contributed by atoms with Gasteiger partial charge in [0.15, 0.2) is 11.6 Å². The van der Waals surface area contributed by atoms with Crippen molar-refractivity contribution in [2.45, 2.75) is 45.2 Å². The van der Waals surface area contributed by atoms with Crippen LogP contribution in [0, 0.1) is 5.82 Å². The third-order valence-corrected chi connectivity index (χ3v) is 6.31. The lowest BCUT2D eigenvalue weighted by Crippen LogP contribution is -2.43. The third-order valence-electron chi connectivity index (χ3n) is 6.31. The second-order valence-corrected chi connectivity index (χ2v) is 8.88. The maximum absolute atomic E-state index is 13.5. The molecule has 0 spiro atoms. The van der Waals surface area contributed by atoms with Crippen LogP contribution in [-0.4, -0.2) is 52.2 Å². The first-order valence-corrected chi connectivity index (χ1v) is 12.2. The van der Waals surface area contributed by atoms with Gasteiger partial charge in [-0.15, -0.1) is 0 Å². The van der Waals surface area contributed by atoms with Gasteiger partial charge in [-0.2, -0.15) is 0 Å². The van der Waals surface area contributed by atoms with E-state index in [0.29, 0.717) is 25.0 Å². The number of phenols is 1. The molecule has 1 aliphatic heterocycles. The molecule has 180 valence electrons. The van der Waals surface area contributed by atoms with Gasteiger partial charge < -0.3 is 15.7 Å². The Labute approximate surface area is 201 Å². The second-order valence-electron chi connectivity index (χ2n) is 8.88. The topological polar surface area (TPSA) is 73.3 Å². The lowest BCUT2D eigenvalue weighted by Gasteiger charge is -2.34. The predicted octanol–water partition coefficient (Wildman–Crippen LogP) is 4.61. The molecule has 2 heterocycles. The van der Waals surface area contributed by atoms with Gasteiger partial charge in [-0.05, 0) is 80.7 Å². The molecule has 0 aliphatic carbocycles. The Morgan fingerprint density at radius 2 is 1.97 bits per heavy atom. The van der Waals surface area contributed by atoms with Crippen molar-refractivity contribution >= 4 is 5.95 Å². The number of hydrogen-bond donors (Lipinski definition) is 3. The van der Waals surface area contributed by atoms with Crippen LogP contribution in [-0.2, 0) is 13.0 Å². The van der Waals surface area contributed by atoms with Crippen LogP contribution in [0.2, 0.25) is 0 Å². The smallest absolute Gasteiger partial charge is 0.223 e. The van der Waals surface area contributed by atoms with E-state index >= 15 is 0 Å². The number of nitrogens with zero attached hydrogens (tertiary/aromatic N) is 3. The van der Waals surface area contributed by atoms with Gasteiger partial charge >= 0.3 is 0 Å². The molecular weight excluding hydrogens is 429 g/mol. The molecule has 2 aromatic carbocycles. The maximum Gasteiger partial charge on any atom is 0.223 e. The number of aromatic nitrogens is 2. The van der Waals surface area contributed by atoms with Crippen LogP contribution in [0.4, 0.5) is 10.3 Å². The molecule has 4 rings (SSSR count). The zero-order chi connectivity index (χ0) is 23.8. The molecule has 1 aliphatic rings. The van der Waals surface area contributed by atoms with Crippen LogP contribution in [0.1, 0.15) is 37.3 Å². The van der Waals surface area contributed by atoms with Gasteiger partial charge in [0, 0.05) is 30.9 Å². The summed E-state index contributed by atoms with van der Waals surface area (Å²) in [7, 11) is 0. The van der Waals surface area contributed by atoms with Gasteiger partial charge in [-0.1, -0.05) is 31.2 Å². The molecule has 1 aromatic heterocycles. The van der Waals surface area contributed by atoms with Crippen LogP contribution < -0.4 is 10.6 Å². The highest BCUT2D eigenvalue weighted by atomic mass is 19.1. The molecule has 1 fully saturated rings. The van der Waals surface area contributed by atoms with Gasteiger partial charge in [-0.3, -0.25) is 4.90 Å². The number of anilines is 1. The molecular formula is C27H34FN5O. The van der Waals surface area contributed by atoms with Crippen molar-refractivity contribution in [2.75, 3.05) is 31.5 Å². The standard InChI is InChI=1S/C27H34FN5O/c1-2-16-33(23-9-12-29-13-10-23)19-21-4-3-5-22(17-21)25-11-15-31-27(32-25)30-14-8-20-6-7-26(34)24(28)18-20/h3-7,11,15,17-18,23,29,34H,2,8-10,12-14,16,19H2,1H3,(H,30,31,32). The molecule has 1 saturated heterocycles. The summed E-state index contributed by atoms with van der Waals surface area (Å²) in [6, 6.07) is 15.6. The Morgan fingerprint density at radius 1 is 1.12 bits per heavy atom. The minimum absolute atomic E-state index is 0.330. The minimum atomic E-state index is -0.603. The van der Waals surface area contributed by atoms with E-state index in [0.717, 1.165) is 49.4 Å². The highest BCUT2D eigenvalue weighted by Crippen LogP contribution is 2.22. The molecule has 0 atom stereocenters. The SMILES string of the molecule is CCCN(Cc1cccc(-c2ccnc(NCCc3ccc(O)c(F)c3)n2)c1)C1CCNCC1. The average molecular weight is 464 g/mol. The molecule has 6 nitrogen and oxygen atoms in total. The van der Waals surface area contributed by atoms with Crippen molar-refractivity contribution in [1.82, 2.24) is 20.2 Å². The normalized spacial score (nSPS) is 14.4. The Balaban J connectivity index is 1.40. The van der Waals surface area contributed by atoms with E-state index in [1.54, 1.807) is 12.3 Å². The molecule has 3 N–H and O–H groups in total. The van der Waals surface area contributed by atoms with E-state index in [1.807, 2.05) is 6.07 Å². The number of piperidine rings is 1. The summed E-state index contributed by atoms with van der Waals surface area (Å²) in [5.41, 5.74) is 4.05. The number of aromatic hydroxyl groups is 1. The fraction of sp³-hybridized carbons (Fsp3) is 0.407. The summed E-state index contributed by atoms with van der Waals surface area (Å²) < 4.78 is 13.5. The van der Waals surface area contributed by atoms with Crippen molar-refractivity contribution in [3.8, 4) is 17.0 Å². The fourth-order valence-corrected chi connectivity index (χ4v) is 4.54. The number of hydrogen-bond acceptors (Lipinski definition) is 6. The molecule has 0 amide bonds. The number of nitrogens with one attached hydrogen (secondary N) is 2. The number of benzene rings is 2. The average Bonchev–Trinajstić information content (AvgIpc) is 2.87. The predicted molar refractivity (Wildman–Crippen MR) is 134 cm³/mol. The fourth-order valence-electron chi connectivity index (χ4n) is 4.54. The zero-order valence-electron chi connectivity index (χ0n) is 19.8. The van der Waals surface area contributed by atoms with Crippen LogP contribution >= 0.6 is 0 Å². The van der Waals surface area contributed by atoms with Gasteiger partial charge in [0.25, 0.3) is 0 Å². The van der Waals surface area contributed by atoms with Crippen LogP contribution in [0.15, 0.2) is 54.7 Å². The highest BCUT2D eigenvalue weighted by Gasteiger charge is 2.20. The van der Waals surface area contributed by atoms with Gasteiger partial charge in [0.05, 0.1) is 5.69 Å². The molecule has 34 heavy (non-hydrogen) atoms. The highest BCUT2D eigenvalue weighted by molar-refractivity contribution is 5.61. The van der Waals surface area contributed by atoms with E-state index in [1.165, 1.54) is 30.5 Å². The second kappa shape index (κ2) is 11.9. The minimum Gasteiger partial charge on any atom is -0.505 e. The Bertz CT molecular complexity index is 1070. The Hall–Kier alpha value is -3.03. The summed E-state index contributed by atoms with van der Waals surface area (Å²) in [5, 5.41) is 16.0.